The van der Waals surface area contributed by atoms with Gasteiger partial charge >= 0.3 is 0 Å². The fraction of sp³-hybridized carbons (Fsp3) is 0.500. The lowest BCUT2D eigenvalue weighted by molar-refractivity contribution is 0.156. The molecule has 0 N–H and O–H groups in total. The highest BCUT2D eigenvalue weighted by atomic mass is 32.2. The molecule has 1 unspecified atom stereocenters. The van der Waals surface area contributed by atoms with E-state index < -0.39 is 10.0 Å². The van der Waals surface area contributed by atoms with Crippen LogP contribution in [0.15, 0.2) is 41.8 Å². The Morgan fingerprint density at radius 2 is 1.90 bits per heavy atom. The zero-order valence-corrected chi connectivity index (χ0v) is 13.3. The van der Waals surface area contributed by atoms with E-state index in [1.807, 2.05) is 19.1 Å². The maximum absolute atomic E-state index is 12.8. The van der Waals surface area contributed by atoms with Crippen LogP contribution in [0.25, 0.3) is 0 Å². The monoisotopic (exact) mass is 293 g/mol. The summed E-state index contributed by atoms with van der Waals surface area (Å²) in [6.07, 6.45) is 3.60. The van der Waals surface area contributed by atoms with Crippen LogP contribution in [0.2, 0.25) is 0 Å². The van der Waals surface area contributed by atoms with Crippen molar-refractivity contribution in [3.63, 3.8) is 0 Å². The Hall–Kier alpha value is -1.13. The largest absolute Gasteiger partial charge is 0.243 e. The standard InChI is InChI=1S/C16H23NO2S/c1-5-14-10-11-16(3,4)12-17(14)20(18,19)15-8-6-13(2)7-9-15/h5-9,14H,1,10-12H2,2-4H3. The second-order valence-electron chi connectivity index (χ2n) is 6.37. The molecule has 1 aromatic carbocycles. The van der Waals surface area contributed by atoms with E-state index in [1.54, 1.807) is 22.5 Å². The average Bonchev–Trinajstić information content (AvgIpc) is 2.38. The third-order valence-electron chi connectivity index (χ3n) is 3.97. The van der Waals surface area contributed by atoms with E-state index in [1.165, 1.54) is 0 Å². The van der Waals surface area contributed by atoms with Crippen LogP contribution in [0, 0.1) is 12.3 Å². The number of aryl methyl sites for hydroxylation is 1. The Bertz CT molecular complexity index is 587. The molecule has 1 fully saturated rings. The Morgan fingerprint density at radius 1 is 1.30 bits per heavy atom. The first-order chi connectivity index (χ1) is 9.26. The van der Waals surface area contributed by atoms with Gasteiger partial charge in [0.05, 0.1) is 4.90 Å². The Balaban J connectivity index is 2.39. The zero-order chi connectivity index (χ0) is 15.0. The zero-order valence-electron chi connectivity index (χ0n) is 12.5. The van der Waals surface area contributed by atoms with Crippen LogP contribution in [0.3, 0.4) is 0 Å². The van der Waals surface area contributed by atoms with Crippen LogP contribution in [0.5, 0.6) is 0 Å². The van der Waals surface area contributed by atoms with Crippen LogP contribution in [-0.4, -0.2) is 25.3 Å². The summed E-state index contributed by atoms with van der Waals surface area (Å²) in [6, 6.07) is 6.95. The molecule has 1 aromatic rings. The van der Waals surface area contributed by atoms with Gasteiger partial charge in [0.2, 0.25) is 10.0 Å². The minimum absolute atomic E-state index is 0.0112. The summed E-state index contributed by atoms with van der Waals surface area (Å²) in [6.45, 7) is 10.5. The second kappa shape index (κ2) is 5.34. The van der Waals surface area contributed by atoms with Gasteiger partial charge in [-0.15, -0.1) is 6.58 Å². The van der Waals surface area contributed by atoms with E-state index in [2.05, 4.69) is 20.4 Å². The Labute approximate surface area is 122 Å². The van der Waals surface area contributed by atoms with E-state index in [9.17, 15) is 8.42 Å². The molecule has 0 radical (unpaired) electrons. The molecule has 4 heteroatoms. The molecular weight excluding hydrogens is 270 g/mol. The maximum Gasteiger partial charge on any atom is 0.243 e. The second-order valence-corrected chi connectivity index (χ2v) is 8.26. The third kappa shape index (κ3) is 2.96. The summed E-state index contributed by atoms with van der Waals surface area (Å²) in [5.74, 6) is 0. The van der Waals surface area contributed by atoms with E-state index in [0.29, 0.717) is 11.4 Å². The minimum Gasteiger partial charge on any atom is -0.207 e. The van der Waals surface area contributed by atoms with Crippen LogP contribution in [0.4, 0.5) is 0 Å². The van der Waals surface area contributed by atoms with Gasteiger partial charge in [-0.1, -0.05) is 37.6 Å². The van der Waals surface area contributed by atoms with Crippen molar-refractivity contribution < 1.29 is 8.42 Å². The number of rotatable bonds is 3. The molecule has 1 atom stereocenters. The predicted molar refractivity (Wildman–Crippen MR) is 82.1 cm³/mol. The highest BCUT2D eigenvalue weighted by Crippen LogP contribution is 2.35. The minimum atomic E-state index is -3.45. The van der Waals surface area contributed by atoms with Gasteiger partial charge in [0.15, 0.2) is 0 Å². The summed E-state index contributed by atoms with van der Waals surface area (Å²) in [5, 5.41) is 0. The summed E-state index contributed by atoms with van der Waals surface area (Å²) >= 11 is 0. The molecule has 1 saturated heterocycles. The fourth-order valence-electron chi connectivity index (χ4n) is 2.65. The first kappa shape index (κ1) is 15.3. The number of benzene rings is 1. The highest BCUT2D eigenvalue weighted by molar-refractivity contribution is 7.89. The Kier molecular flexibility index (Phi) is 4.07. The lowest BCUT2D eigenvalue weighted by Crippen LogP contribution is -2.48. The molecule has 3 nitrogen and oxygen atoms in total. The SMILES string of the molecule is C=CC1CCC(C)(C)CN1S(=O)(=O)c1ccc(C)cc1. The van der Waals surface area contributed by atoms with Gasteiger partial charge in [-0.05, 0) is 37.3 Å². The van der Waals surface area contributed by atoms with Crippen molar-refractivity contribution in [2.45, 2.75) is 44.6 Å². The van der Waals surface area contributed by atoms with Crippen molar-refractivity contribution in [3.05, 3.63) is 42.5 Å². The molecular formula is C16H23NO2S. The molecule has 1 aliphatic heterocycles. The molecule has 0 spiro atoms. The van der Waals surface area contributed by atoms with Gasteiger partial charge in [-0.25, -0.2) is 8.42 Å². The smallest absolute Gasteiger partial charge is 0.207 e. The lowest BCUT2D eigenvalue weighted by atomic mass is 9.82. The quantitative estimate of drug-likeness (QED) is 0.801. The van der Waals surface area contributed by atoms with Gasteiger partial charge in [0.25, 0.3) is 0 Å². The molecule has 110 valence electrons. The highest BCUT2D eigenvalue weighted by Gasteiger charge is 2.38. The lowest BCUT2D eigenvalue weighted by Gasteiger charge is -2.41. The Morgan fingerprint density at radius 3 is 2.45 bits per heavy atom. The number of hydrogen-bond acceptors (Lipinski definition) is 2. The van der Waals surface area contributed by atoms with Gasteiger partial charge in [-0.3, -0.25) is 0 Å². The normalized spacial score (nSPS) is 23.4. The van der Waals surface area contributed by atoms with Crippen LogP contribution in [-0.2, 0) is 10.0 Å². The number of sulfonamides is 1. The molecule has 0 amide bonds. The van der Waals surface area contributed by atoms with Gasteiger partial charge in [0, 0.05) is 12.6 Å². The topological polar surface area (TPSA) is 37.4 Å². The maximum atomic E-state index is 12.8. The van der Waals surface area contributed by atoms with Crippen LogP contribution >= 0.6 is 0 Å². The van der Waals surface area contributed by atoms with Gasteiger partial charge in [0.1, 0.15) is 0 Å². The average molecular weight is 293 g/mol. The molecule has 0 aromatic heterocycles. The number of hydrogen-bond donors (Lipinski definition) is 0. The van der Waals surface area contributed by atoms with Crippen molar-refractivity contribution >= 4 is 10.0 Å². The van der Waals surface area contributed by atoms with Crippen molar-refractivity contribution in [1.82, 2.24) is 4.31 Å². The van der Waals surface area contributed by atoms with E-state index in [-0.39, 0.29) is 11.5 Å². The predicted octanol–water partition coefficient (Wildman–Crippen LogP) is 3.36. The molecule has 20 heavy (non-hydrogen) atoms. The first-order valence-corrected chi connectivity index (χ1v) is 8.41. The van der Waals surface area contributed by atoms with Gasteiger partial charge in [-0.2, -0.15) is 4.31 Å². The molecule has 1 heterocycles. The van der Waals surface area contributed by atoms with E-state index in [4.69, 9.17) is 0 Å². The summed E-state index contributed by atoms with van der Waals surface area (Å²) in [5.41, 5.74) is 1.07. The van der Waals surface area contributed by atoms with E-state index >= 15 is 0 Å². The molecule has 0 aliphatic carbocycles. The van der Waals surface area contributed by atoms with Crippen LogP contribution < -0.4 is 0 Å². The van der Waals surface area contributed by atoms with Crippen molar-refractivity contribution in [1.29, 1.82) is 0 Å². The summed E-state index contributed by atoms with van der Waals surface area (Å²) in [7, 11) is -3.45. The fourth-order valence-corrected chi connectivity index (χ4v) is 4.46. The summed E-state index contributed by atoms with van der Waals surface area (Å²) < 4.78 is 27.3. The molecule has 2 rings (SSSR count). The van der Waals surface area contributed by atoms with Crippen molar-refractivity contribution in [2.75, 3.05) is 6.54 Å². The molecule has 0 saturated carbocycles. The van der Waals surface area contributed by atoms with E-state index in [0.717, 1.165) is 18.4 Å². The number of nitrogens with zero attached hydrogens (tertiary/aromatic N) is 1. The van der Waals surface area contributed by atoms with Crippen molar-refractivity contribution in [3.8, 4) is 0 Å². The first-order valence-electron chi connectivity index (χ1n) is 6.97. The van der Waals surface area contributed by atoms with Crippen molar-refractivity contribution in [2.24, 2.45) is 5.41 Å². The third-order valence-corrected chi connectivity index (χ3v) is 5.86. The van der Waals surface area contributed by atoms with Gasteiger partial charge < -0.3 is 0 Å². The number of piperidine rings is 1. The summed E-state index contributed by atoms with van der Waals surface area (Å²) in [4.78, 5) is 0.368. The molecule has 1 aliphatic rings. The molecule has 0 bridgehead atoms. The van der Waals surface area contributed by atoms with Crippen LogP contribution in [0.1, 0.15) is 32.3 Å².